The lowest BCUT2D eigenvalue weighted by molar-refractivity contribution is 0.183. The number of anilines is 1. The Labute approximate surface area is 204 Å². The fourth-order valence-corrected chi connectivity index (χ4v) is 5.54. The van der Waals surface area contributed by atoms with E-state index in [1.165, 1.54) is 32.1 Å². The molecule has 0 saturated heterocycles. The van der Waals surface area contributed by atoms with E-state index in [0.717, 1.165) is 44.0 Å². The molecule has 1 aliphatic rings. The molecular formula is C26H31N5O2S. The molecule has 0 unspecified atom stereocenters. The Hall–Kier alpha value is -2.97. The Morgan fingerprint density at radius 3 is 2.85 bits per heavy atom. The molecule has 0 bridgehead atoms. The maximum atomic E-state index is 6.18. The number of benzene rings is 1. The van der Waals surface area contributed by atoms with Crippen LogP contribution in [0, 0.1) is 5.92 Å². The van der Waals surface area contributed by atoms with Gasteiger partial charge in [0.25, 0.3) is 0 Å². The molecule has 7 nitrogen and oxygen atoms in total. The van der Waals surface area contributed by atoms with E-state index in [1.54, 1.807) is 24.6 Å². The molecule has 0 amide bonds. The van der Waals surface area contributed by atoms with Crippen molar-refractivity contribution >= 4 is 26.7 Å². The van der Waals surface area contributed by atoms with Crippen molar-refractivity contribution < 1.29 is 9.47 Å². The highest BCUT2D eigenvalue weighted by Gasteiger charge is 2.21. The van der Waals surface area contributed by atoms with Gasteiger partial charge >= 0.3 is 0 Å². The molecule has 1 aromatic carbocycles. The van der Waals surface area contributed by atoms with Crippen LogP contribution in [0.25, 0.3) is 21.5 Å². The topological polar surface area (TPSA) is 74.1 Å². The minimum atomic E-state index is 0.450. The van der Waals surface area contributed by atoms with Crippen molar-refractivity contribution in [2.75, 3.05) is 19.0 Å². The van der Waals surface area contributed by atoms with Gasteiger partial charge in [-0.2, -0.15) is 5.10 Å². The van der Waals surface area contributed by atoms with Gasteiger partial charge in [-0.1, -0.05) is 30.6 Å². The predicted octanol–water partition coefficient (Wildman–Crippen LogP) is 6.37. The molecule has 5 rings (SSSR count). The fourth-order valence-electron chi connectivity index (χ4n) is 4.55. The summed E-state index contributed by atoms with van der Waals surface area (Å²) in [5.74, 6) is 2.27. The lowest BCUT2D eigenvalue weighted by Crippen LogP contribution is -2.27. The largest absolute Gasteiger partial charge is 0.457 e. The average molecular weight is 478 g/mol. The molecule has 1 atom stereocenters. The van der Waals surface area contributed by atoms with Crippen LogP contribution in [-0.2, 0) is 11.3 Å². The van der Waals surface area contributed by atoms with Gasteiger partial charge < -0.3 is 14.8 Å². The van der Waals surface area contributed by atoms with E-state index in [2.05, 4.69) is 28.4 Å². The summed E-state index contributed by atoms with van der Waals surface area (Å²) in [5, 5.41) is 9.02. The van der Waals surface area contributed by atoms with Crippen molar-refractivity contribution in [1.29, 1.82) is 0 Å². The Morgan fingerprint density at radius 1 is 1.15 bits per heavy atom. The molecule has 4 aromatic rings. The van der Waals surface area contributed by atoms with Crippen molar-refractivity contribution in [3.63, 3.8) is 0 Å². The predicted molar refractivity (Wildman–Crippen MR) is 137 cm³/mol. The smallest absolute Gasteiger partial charge is 0.184 e. The third kappa shape index (κ3) is 5.39. The van der Waals surface area contributed by atoms with Gasteiger partial charge in [0, 0.05) is 43.2 Å². The number of rotatable bonds is 9. The van der Waals surface area contributed by atoms with Gasteiger partial charge in [0.2, 0.25) is 0 Å². The van der Waals surface area contributed by atoms with Crippen molar-refractivity contribution in [1.82, 2.24) is 19.7 Å². The molecule has 1 aliphatic carbocycles. The zero-order valence-electron chi connectivity index (χ0n) is 19.7. The molecule has 0 radical (unpaired) electrons. The Balaban J connectivity index is 1.27. The van der Waals surface area contributed by atoms with E-state index in [4.69, 9.17) is 14.5 Å². The molecule has 0 aliphatic heterocycles. The maximum Gasteiger partial charge on any atom is 0.184 e. The summed E-state index contributed by atoms with van der Waals surface area (Å²) >= 11 is 1.69. The summed E-state index contributed by atoms with van der Waals surface area (Å²) in [6.07, 6.45) is 12.3. The van der Waals surface area contributed by atoms with Crippen LogP contribution in [0.2, 0.25) is 0 Å². The summed E-state index contributed by atoms with van der Waals surface area (Å²) < 4.78 is 14.3. The normalized spacial score (nSPS) is 15.5. The molecule has 8 heteroatoms. The Kier molecular flexibility index (Phi) is 7.06. The first kappa shape index (κ1) is 22.8. The van der Waals surface area contributed by atoms with E-state index in [0.29, 0.717) is 19.2 Å². The number of hydrogen-bond acceptors (Lipinski definition) is 7. The van der Waals surface area contributed by atoms with Crippen LogP contribution in [-0.4, -0.2) is 39.5 Å². The summed E-state index contributed by atoms with van der Waals surface area (Å²) in [5.41, 5.74) is 2.76. The van der Waals surface area contributed by atoms with Crippen molar-refractivity contribution in [2.45, 2.75) is 51.6 Å². The van der Waals surface area contributed by atoms with Gasteiger partial charge in [0.05, 0.1) is 35.3 Å². The van der Waals surface area contributed by atoms with E-state index in [9.17, 15) is 0 Å². The second-order valence-electron chi connectivity index (χ2n) is 8.94. The number of ether oxygens (including phenoxy) is 2. The molecule has 0 spiro atoms. The van der Waals surface area contributed by atoms with Crippen molar-refractivity contribution in [3.05, 3.63) is 48.9 Å². The molecule has 3 aromatic heterocycles. The van der Waals surface area contributed by atoms with E-state index < -0.39 is 0 Å². The van der Waals surface area contributed by atoms with Crippen LogP contribution < -0.4 is 10.1 Å². The number of fused-ring (bicyclic) bond motifs is 1. The Morgan fingerprint density at radius 2 is 2.00 bits per heavy atom. The van der Waals surface area contributed by atoms with Crippen LogP contribution in [0.15, 0.2) is 48.9 Å². The molecular weight excluding hydrogens is 446 g/mol. The van der Waals surface area contributed by atoms with Crippen LogP contribution in [0.4, 0.5) is 5.13 Å². The van der Waals surface area contributed by atoms with Crippen LogP contribution >= 0.6 is 11.3 Å². The minimum absolute atomic E-state index is 0.450. The molecule has 34 heavy (non-hydrogen) atoms. The zero-order chi connectivity index (χ0) is 23.3. The maximum absolute atomic E-state index is 6.18. The first-order valence-electron chi connectivity index (χ1n) is 12.0. The second kappa shape index (κ2) is 10.5. The summed E-state index contributed by atoms with van der Waals surface area (Å²) in [7, 11) is 1.69. The summed E-state index contributed by atoms with van der Waals surface area (Å²) in [6.45, 7) is 3.62. The third-order valence-electron chi connectivity index (χ3n) is 6.49. The van der Waals surface area contributed by atoms with Crippen LogP contribution in [0.5, 0.6) is 11.5 Å². The first-order valence-corrected chi connectivity index (χ1v) is 12.8. The number of nitrogens with zero attached hydrogens (tertiary/aromatic N) is 4. The van der Waals surface area contributed by atoms with Gasteiger partial charge in [-0.05, 0) is 43.9 Å². The van der Waals surface area contributed by atoms with Crippen LogP contribution in [0.3, 0.4) is 0 Å². The number of pyridine rings is 1. The fraction of sp³-hybridized carbons (Fsp3) is 0.423. The van der Waals surface area contributed by atoms with Crippen LogP contribution in [0.1, 0.15) is 39.0 Å². The molecule has 178 valence electrons. The van der Waals surface area contributed by atoms with Crippen molar-refractivity contribution in [3.8, 4) is 22.8 Å². The average Bonchev–Trinajstić information content (AvgIpc) is 3.50. The van der Waals surface area contributed by atoms with Gasteiger partial charge in [0.1, 0.15) is 11.5 Å². The third-order valence-corrected chi connectivity index (χ3v) is 7.44. The van der Waals surface area contributed by atoms with E-state index in [1.807, 2.05) is 41.3 Å². The first-order chi connectivity index (χ1) is 16.7. The standard InChI is InChI=1S/C26H31N5O2S/c1-18(19-6-4-3-5-7-19)29-26-30-23-9-8-21(15-25(23)34-26)33-22-10-11-27-24(14-22)20-16-28-31(17-20)12-13-32-2/h8-11,14-19H,3-7,12-13H2,1-2H3,(H,29,30)/t18-/m0/s1. The number of hydrogen-bond donors (Lipinski definition) is 1. The van der Waals surface area contributed by atoms with Gasteiger partial charge in [-0.25, -0.2) is 4.98 Å². The second-order valence-corrected chi connectivity index (χ2v) is 9.97. The van der Waals surface area contributed by atoms with Gasteiger partial charge in [-0.15, -0.1) is 0 Å². The Bertz CT molecular complexity index is 1230. The molecule has 3 heterocycles. The van der Waals surface area contributed by atoms with Gasteiger partial charge in [0.15, 0.2) is 5.13 Å². The highest BCUT2D eigenvalue weighted by molar-refractivity contribution is 7.22. The van der Waals surface area contributed by atoms with Crippen molar-refractivity contribution in [2.24, 2.45) is 5.92 Å². The SMILES string of the molecule is COCCn1cc(-c2cc(Oc3ccc4nc(N[C@@H](C)C5CCCCC5)sc4c3)ccn2)cn1. The summed E-state index contributed by atoms with van der Waals surface area (Å²) in [4.78, 5) is 9.28. The van der Waals surface area contributed by atoms with Gasteiger partial charge in [-0.3, -0.25) is 9.67 Å². The molecule has 1 N–H and O–H groups in total. The number of aromatic nitrogens is 4. The molecule has 1 saturated carbocycles. The minimum Gasteiger partial charge on any atom is -0.457 e. The number of nitrogens with one attached hydrogen (secondary N) is 1. The van der Waals surface area contributed by atoms with E-state index >= 15 is 0 Å². The lowest BCUT2D eigenvalue weighted by atomic mass is 9.85. The lowest BCUT2D eigenvalue weighted by Gasteiger charge is -2.28. The summed E-state index contributed by atoms with van der Waals surface area (Å²) in [6, 6.07) is 10.3. The number of methoxy groups -OCH3 is 1. The zero-order valence-corrected chi connectivity index (χ0v) is 20.6. The molecule has 1 fully saturated rings. The quantitative estimate of drug-likeness (QED) is 0.302. The van der Waals surface area contributed by atoms with E-state index in [-0.39, 0.29) is 0 Å². The monoisotopic (exact) mass is 477 g/mol. The highest BCUT2D eigenvalue weighted by Crippen LogP contribution is 2.34. The highest BCUT2D eigenvalue weighted by atomic mass is 32.1. The number of thiazole rings is 1.